The van der Waals surface area contributed by atoms with Crippen LogP contribution in [-0.2, 0) is 20.6 Å². The van der Waals surface area contributed by atoms with Crippen molar-refractivity contribution in [3.8, 4) is 0 Å². The minimum Gasteiger partial charge on any atom is -0.465 e. The maximum absolute atomic E-state index is 11.9. The number of hydrogen-bond acceptors (Lipinski definition) is 5. The number of nitrogens with one attached hydrogen (secondary N) is 1. The molecule has 1 aromatic carbocycles. The van der Waals surface area contributed by atoms with E-state index in [0.717, 1.165) is 12.0 Å². The number of carbonyl (C=O) groups is 2. The number of esters is 1. The van der Waals surface area contributed by atoms with Crippen LogP contribution in [0.4, 0.5) is 4.79 Å². The molecule has 0 spiro atoms. The molecule has 0 saturated carbocycles. The zero-order chi connectivity index (χ0) is 18.2. The largest absolute Gasteiger partial charge is 0.465 e. The van der Waals surface area contributed by atoms with E-state index in [4.69, 9.17) is 9.47 Å². The first-order chi connectivity index (χ1) is 11.2. The topological polar surface area (TPSA) is 73.9 Å². The van der Waals surface area contributed by atoms with E-state index in [1.165, 1.54) is 7.11 Å². The maximum Gasteiger partial charge on any atom is 0.407 e. The Kier molecular flexibility index (Phi) is 7.71. The lowest BCUT2D eigenvalue weighted by Crippen LogP contribution is -2.41. The Labute approximate surface area is 143 Å². The van der Waals surface area contributed by atoms with Crippen LogP contribution in [0, 0.1) is 0 Å². The molecule has 0 heterocycles. The predicted molar refractivity (Wildman–Crippen MR) is 91.1 cm³/mol. The molecule has 1 amide bonds. The van der Waals surface area contributed by atoms with Gasteiger partial charge in [0.1, 0.15) is 5.60 Å². The van der Waals surface area contributed by atoms with Gasteiger partial charge >= 0.3 is 12.1 Å². The highest BCUT2D eigenvalue weighted by atomic mass is 16.6. The summed E-state index contributed by atoms with van der Waals surface area (Å²) >= 11 is 0. The summed E-state index contributed by atoms with van der Waals surface area (Å²) in [6.45, 7) is 5.86. The lowest BCUT2D eigenvalue weighted by atomic mass is 10.0. The molecule has 0 aliphatic rings. The van der Waals surface area contributed by atoms with Gasteiger partial charge in [0.2, 0.25) is 0 Å². The van der Waals surface area contributed by atoms with Crippen molar-refractivity contribution in [2.75, 3.05) is 20.8 Å². The third kappa shape index (κ3) is 7.46. The number of carbonyl (C=O) groups excluding carboxylic acids is 2. The van der Waals surface area contributed by atoms with E-state index in [-0.39, 0.29) is 12.0 Å². The maximum atomic E-state index is 11.9. The van der Waals surface area contributed by atoms with E-state index in [9.17, 15) is 9.59 Å². The number of amides is 1. The van der Waals surface area contributed by atoms with Crippen molar-refractivity contribution in [2.45, 2.75) is 45.3 Å². The first kappa shape index (κ1) is 20.0. The van der Waals surface area contributed by atoms with Crippen LogP contribution < -0.4 is 5.32 Å². The molecule has 0 saturated heterocycles. The van der Waals surface area contributed by atoms with Crippen LogP contribution >= 0.6 is 0 Å². The van der Waals surface area contributed by atoms with Crippen molar-refractivity contribution in [1.29, 1.82) is 0 Å². The van der Waals surface area contributed by atoms with Crippen molar-refractivity contribution in [3.63, 3.8) is 0 Å². The fourth-order valence-corrected chi connectivity index (χ4v) is 2.14. The lowest BCUT2D eigenvalue weighted by molar-refractivity contribution is 0.0464. The Hall–Kier alpha value is -2.08. The summed E-state index contributed by atoms with van der Waals surface area (Å²) in [5.74, 6) is -0.356. The van der Waals surface area contributed by atoms with Crippen molar-refractivity contribution in [3.05, 3.63) is 35.4 Å². The third-order valence-electron chi connectivity index (χ3n) is 3.25. The first-order valence-corrected chi connectivity index (χ1v) is 7.91. The molecule has 0 fully saturated rings. The SMILES string of the molecule is COCC(CCc1ccc(C(=O)OC)cc1)NC(=O)OC(C)(C)C. The van der Waals surface area contributed by atoms with Crippen LogP contribution in [-0.4, -0.2) is 44.5 Å². The monoisotopic (exact) mass is 337 g/mol. The molecule has 6 heteroatoms. The molecule has 0 aromatic heterocycles. The molecule has 1 N–H and O–H groups in total. The van der Waals surface area contributed by atoms with Crippen molar-refractivity contribution in [2.24, 2.45) is 0 Å². The van der Waals surface area contributed by atoms with Crippen LogP contribution in [0.25, 0.3) is 0 Å². The summed E-state index contributed by atoms with van der Waals surface area (Å²) in [7, 11) is 2.95. The Morgan fingerprint density at radius 3 is 2.25 bits per heavy atom. The predicted octanol–water partition coefficient (Wildman–Crippen LogP) is 2.95. The molecule has 6 nitrogen and oxygen atoms in total. The summed E-state index contributed by atoms with van der Waals surface area (Å²) in [6.07, 6.45) is 0.987. The van der Waals surface area contributed by atoms with Gasteiger partial charge in [-0.15, -0.1) is 0 Å². The lowest BCUT2D eigenvalue weighted by Gasteiger charge is -2.23. The zero-order valence-corrected chi connectivity index (χ0v) is 15.0. The van der Waals surface area contributed by atoms with Gasteiger partial charge in [-0.05, 0) is 51.3 Å². The quantitative estimate of drug-likeness (QED) is 0.774. The van der Waals surface area contributed by atoms with Crippen LogP contribution in [0.5, 0.6) is 0 Å². The van der Waals surface area contributed by atoms with Gasteiger partial charge in [-0.1, -0.05) is 12.1 Å². The number of hydrogen-bond donors (Lipinski definition) is 1. The molecule has 0 radical (unpaired) electrons. The average molecular weight is 337 g/mol. The molecule has 1 unspecified atom stereocenters. The number of benzene rings is 1. The van der Waals surface area contributed by atoms with Gasteiger partial charge < -0.3 is 19.5 Å². The van der Waals surface area contributed by atoms with Crippen molar-refractivity contribution in [1.82, 2.24) is 5.32 Å². The fraction of sp³-hybridized carbons (Fsp3) is 0.556. The van der Waals surface area contributed by atoms with E-state index >= 15 is 0 Å². The van der Waals surface area contributed by atoms with Gasteiger partial charge in [0.25, 0.3) is 0 Å². The minimum absolute atomic E-state index is 0.148. The number of rotatable bonds is 7. The minimum atomic E-state index is -0.536. The highest BCUT2D eigenvalue weighted by molar-refractivity contribution is 5.89. The molecular weight excluding hydrogens is 310 g/mol. The summed E-state index contributed by atoms with van der Waals surface area (Å²) in [5.41, 5.74) is 1.04. The first-order valence-electron chi connectivity index (χ1n) is 7.91. The van der Waals surface area contributed by atoms with Gasteiger partial charge in [-0.25, -0.2) is 9.59 Å². The Morgan fingerprint density at radius 2 is 1.75 bits per heavy atom. The second-order valence-corrected chi connectivity index (χ2v) is 6.53. The van der Waals surface area contributed by atoms with Crippen LogP contribution in [0.1, 0.15) is 43.1 Å². The Bertz CT molecular complexity index is 533. The second kappa shape index (κ2) is 9.27. The van der Waals surface area contributed by atoms with Gasteiger partial charge in [-0.2, -0.15) is 0 Å². The fourth-order valence-electron chi connectivity index (χ4n) is 2.14. The molecule has 24 heavy (non-hydrogen) atoms. The number of methoxy groups -OCH3 is 2. The normalized spacial score (nSPS) is 12.4. The molecule has 0 aliphatic heterocycles. The highest BCUT2D eigenvalue weighted by Gasteiger charge is 2.19. The Balaban J connectivity index is 2.56. The summed E-state index contributed by atoms with van der Waals surface area (Å²) < 4.78 is 15.1. The molecule has 1 rings (SSSR count). The zero-order valence-electron chi connectivity index (χ0n) is 15.0. The van der Waals surface area contributed by atoms with Crippen LogP contribution in [0.2, 0.25) is 0 Å². The summed E-state index contributed by atoms with van der Waals surface area (Å²) in [4.78, 5) is 23.3. The molecular formula is C18H27NO5. The van der Waals surface area contributed by atoms with E-state index in [1.54, 1.807) is 19.2 Å². The molecule has 0 bridgehead atoms. The van der Waals surface area contributed by atoms with Crippen molar-refractivity contribution >= 4 is 12.1 Å². The smallest absolute Gasteiger partial charge is 0.407 e. The number of alkyl carbamates (subject to hydrolysis) is 1. The van der Waals surface area contributed by atoms with E-state index in [2.05, 4.69) is 10.1 Å². The van der Waals surface area contributed by atoms with Gasteiger partial charge in [0, 0.05) is 7.11 Å². The van der Waals surface area contributed by atoms with Crippen LogP contribution in [0.15, 0.2) is 24.3 Å². The van der Waals surface area contributed by atoms with E-state index < -0.39 is 11.7 Å². The van der Waals surface area contributed by atoms with E-state index in [1.807, 2.05) is 32.9 Å². The van der Waals surface area contributed by atoms with Gasteiger partial charge in [0.05, 0.1) is 25.3 Å². The van der Waals surface area contributed by atoms with Crippen molar-refractivity contribution < 1.29 is 23.8 Å². The number of aryl methyl sites for hydroxylation is 1. The molecule has 1 atom stereocenters. The third-order valence-corrected chi connectivity index (χ3v) is 3.25. The standard InChI is InChI=1S/C18H27NO5/c1-18(2,3)24-17(21)19-15(12-22-4)11-8-13-6-9-14(10-7-13)16(20)23-5/h6-7,9-10,15H,8,11-12H2,1-5H3,(H,19,21). The highest BCUT2D eigenvalue weighted by Crippen LogP contribution is 2.11. The molecule has 1 aromatic rings. The molecule has 0 aliphatic carbocycles. The molecule has 134 valence electrons. The Morgan fingerprint density at radius 1 is 1.12 bits per heavy atom. The summed E-state index contributed by atoms with van der Waals surface area (Å²) in [6, 6.07) is 7.07. The summed E-state index contributed by atoms with van der Waals surface area (Å²) in [5, 5.41) is 2.82. The van der Waals surface area contributed by atoms with Gasteiger partial charge in [0.15, 0.2) is 0 Å². The van der Waals surface area contributed by atoms with Gasteiger partial charge in [-0.3, -0.25) is 0 Å². The second-order valence-electron chi connectivity index (χ2n) is 6.53. The van der Waals surface area contributed by atoms with Crippen LogP contribution in [0.3, 0.4) is 0 Å². The number of ether oxygens (including phenoxy) is 3. The average Bonchev–Trinajstić information content (AvgIpc) is 2.50. The van der Waals surface area contributed by atoms with E-state index in [0.29, 0.717) is 18.6 Å².